The SMILES string of the molecule is CCCNc1ccc(CSc2ccccc2C)cn1. The lowest BCUT2D eigenvalue weighted by atomic mass is 10.2. The maximum absolute atomic E-state index is 4.43. The van der Waals surface area contributed by atoms with Gasteiger partial charge in [0.2, 0.25) is 0 Å². The summed E-state index contributed by atoms with van der Waals surface area (Å²) in [5.41, 5.74) is 2.59. The monoisotopic (exact) mass is 272 g/mol. The van der Waals surface area contributed by atoms with Crippen molar-refractivity contribution in [2.24, 2.45) is 0 Å². The molecule has 0 saturated heterocycles. The van der Waals surface area contributed by atoms with Gasteiger partial charge in [0.25, 0.3) is 0 Å². The Morgan fingerprint density at radius 1 is 1.16 bits per heavy atom. The van der Waals surface area contributed by atoms with Gasteiger partial charge in [-0.25, -0.2) is 4.98 Å². The van der Waals surface area contributed by atoms with Crippen molar-refractivity contribution < 1.29 is 0 Å². The molecule has 0 saturated carbocycles. The second-order valence-electron chi connectivity index (χ2n) is 4.53. The molecular weight excluding hydrogens is 252 g/mol. The van der Waals surface area contributed by atoms with Crippen LogP contribution in [-0.4, -0.2) is 11.5 Å². The molecule has 1 heterocycles. The molecule has 3 heteroatoms. The van der Waals surface area contributed by atoms with Crippen molar-refractivity contribution in [2.45, 2.75) is 30.9 Å². The van der Waals surface area contributed by atoms with E-state index in [2.05, 4.69) is 60.5 Å². The van der Waals surface area contributed by atoms with Crippen molar-refractivity contribution >= 4 is 17.6 Å². The van der Waals surface area contributed by atoms with E-state index in [9.17, 15) is 0 Å². The van der Waals surface area contributed by atoms with E-state index in [1.165, 1.54) is 16.0 Å². The van der Waals surface area contributed by atoms with Crippen LogP contribution in [0.1, 0.15) is 24.5 Å². The molecule has 1 N–H and O–H groups in total. The van der Waals surface area contributed by atoms with Gasteiger partial charge >= 0.3 is 0 Å². The van der Waals surface area contributed by atoms with E-state index in [0.29, 0.717) is 0 Å². The van der Waals surface area contributed by atoms with Crippen LogP contribution in [0, 0.1) is 6.92 Å². The summed E-state index contributed by atoms with van der Waals surface area (Å²) in [6, 6.07) is 12.7. The van der Waals surface area contributed by atoms with Crippen molar-refractivity contribution in [2.75, 3.05) is 11.9 Å². The van der Waals surface area contributed by atoms with Crippen molar-refractivity contribution in [1.29, 1.82) is 0 Å². The lowest BCUT2D eigenvalue weighted by Crippen LogP contribution is -2.01. The van der Waals surface area contributed by atoms with Crippen LogP contribution in [-0.2, 0) is 5.75 Å². The Morgan fingerprint density at radius 3 is 2.68 bits per heavy atom. The number of hydrogen-bond donors (Lipinski definition) is 1. The summed E-state index contributed by atoms with van der Waals surface area (Å²) in [6.45, 7) is 5.28. The first-order valence-electron chi connectivity index (χ1n) is 6.67. The van der Waals surface area contributed by atoms with Gasteiger partial charge in [0, 0.05) is 23.4 Å². The molecule has 0 unspecified atom stereocenters. The van der Waals surface area contributed by atoms with Crippen LogP contribution in [0.15, 0.2) is 47.5 Å². The Balaban J connectivity index is 1.91. The average molecular weight is 272 g/mol. The van der Waals surface area contributed by atoms with Gasteiger partial charge in [0.1, 0.15) is 5.82 Å². The van der Waals surface area contributed by atoms with Gasteiger partial charge in [-0.15, -0.1) is 11.8 Å². The fraction of sp³-hybridized carbons (Fsp3) is 0.312. The highest BCUT2D eigenvalue weighted by atomic mass is 32.2. The van der Waals surface area contributed by atoms with Gasteiger partial charge in [-0.05, 0) is 36.6 Å². The van der Waals surface area contributed by atoms with E-state index in [0.717, 1.165) is 24.5 Å². The highest BCUT2D eigenvalue weighted by Gasteiger charge is 2.00. The third-order valence-corrected chi connectivity index (χ3v) is 4.12. The molecule has 0 spiro atoms. The van der Waals surface area contributed by atoms with Crippen LogP contribution in [0.4, 0.5) is 5.82 Å². The molecule has 2 aromatic rings. The Kier molecular flexibility index (Phi) is 5.28. The minimum Gasteiger partial charge on any atom is -0.370 e. The second-order valence-corrected chi connectivity index (χ2v) is 5.55. The predicted octanol–water partition coefficient (Wildman–Crippen LogP) is 4.50. The minimum atomic E-state index is 0.964. The molecule has 1 aromatic carbocycles. The smallest absolute Gasteiger partial charge is 0.125 e. The zero-order chi connectivity index (χ0) is 13.5. The third-order valence-electron chi connectivity index (χ3n) is 2.87. The lowest BCUT2D eigenvalue weighted by Gasteiger charge is -2.07. The number of pyridine rings is 1. The summed E-state index contributed by atoms with van der Waals surface area (Å²) in [4.78, 5) is 5.77. The Labute approximate surface area is 119 Å². The molecule has 19 heavy (non-hydrogen) atoms. The van der Waals surface area contributed by atoms with Crippen molar-refractivity contribution in [1.82, 2.24) is 4.98 Å². The summed E-state index contributed by atoms with van der Waals surface area (Å²) in [7, 11) is 0. The quantitative estimate of drug-likeness (QED) is 0.783. The Bertz CT molecular complexity index is 508. The average Bonchev–Trinajstić information content (AvgIpc) is 2.45. The van der Waals surface area contributed by atoms with E-state index in [1.807, 2.05) is 18.0 Å². The number of aryl methyl sites for hydroxylation is 1. The summed E-state index contributed by atoms with van der Waals surface area (Å²) >= 11 is 1.86. The largest absolute Gasteiger partial charge is 0.370 e. The van der Waals surface area contributed by atoms with Crippen LogP contribution in [0.3, 0.4) is 0 Å². The topological polar surface area (TPSA) is 24.9 Å². The molecule has 0 radical (unpaired) electrons. The van der Waals surface area contributed by atoms with Gasteiger partial charge < -0.3 is 5.32 Å². The Hall–Kier alpha value is -1.48. The van der Waals surface area contributed by atoms with E-state index in [-0.39, 0.29) is 0 Å². The standard InChI is InChI=1S/C16H20N2S/c1-3-10-17-16-9-8-14(11-18-16)12-19-15-7-5-4-6-13(15)2/h4-9,11H,3,10,12H2,1-2H3,(H,17,18). The maximum atomic E-state index is 4.43. The molecule has 0 fully saturated rings. The molecule has 0 aliphatic rings. The molecule has 0 amide bonds. The van der Waals surface area contributed by atoms with Crippen molar-refractivity contribution in [3.05, 3.63) is 53.7 Å². The first-order valence-corrected chi connectivity index (χ1v) is 7.65. The van der Waals surface area contributed by atoms with Gasteiger partial charge in [-0.3, -0.25) is 0 Å². The molecular formula is C16H20N2S. The number of anilines is 1. The highest BCUT2D eigenvalue weighted by Crippen LogP contribution is 2.25. The predicted molar refractivity (Wildman–Crippen MR) is 83.8 cm³/mol. The zero-order valence-corrected chi connectivity index (χ0v) is 12.3. The number of nitrogens with one attached hydrogen (secondary N) is 1. The molecule has 1 aromatic heterocycles. The second kappa shape index (κ2) is 7.19. The molecule has 0 bridgehead atoms. The van der Waals surface area contributed by atoms with E-state index >= 15 is 0 Å². The zero-order valence-electron chi connectivity index (χ0n) is 11.5. The van der Waals surface area contributed by atoms with E-state index in [4.69, 9.17) is 0 Å². The molecule has 0 aliphatic carbocycles. The molecule has 0 aliphatic heterocycles. The first kappa shape index (κ1) is 13.9. The van der Waals surface area contributed by atoms with Gasteiger partial charge in [0.05, 0.1) is 0 Å². The van der Waals surface area contributed by atoms with Crippen LogP contribution in [0.25, 0.3) is 0 Å². The fourth-order valence-corrected chi connectivity index (χ4v) is 2.71. The van der Waals surface area contributed by atoms with Crippen molar-refractivity contribution in [3.63, 3.8) is 0 Å². The number of aromatic nitrogens is 1. The molecule has 100 valence electrons. The fourth-order valence-electron chi connectivity index (χ4n) is 1.75. The first-order chi connectivity index (χ1) is 9.29. The summed E-state index contributed by atoms with van der Waals surface area (Å²) in [6.07, 6.45) is 3.08. The number of benzene rings is 1. The van der Waals surface area contributed by atoms with Crippen LogP contribution < -0.4 is 5.32 Å². The van der Waals surface area contributed by atoms with Crippen molar-refractivity contribution in [3.8, 4) is 0 Å². The number of nitrogens with zero attached hydrogens (tertiary/aromatic N) is 1. The molecule has 0 atom stereocenters. The third kappa shape index (κ3) is 4.28. The normalized spacial score (nSPS) is 10.4. The summed E-state index contributed by atoms with van der Waals surface area (Å²) < 4.78 is 0. The highest BCUT2D eigenvalue weighted by molar-refractivity contribution is 7.98. The van der Waals surface area contributed by atoms with Gasteiger partial charge in [0.15, 0.2) is 0 Å². The summed E-state index contributed by atoms with van der Waals surface area (Å²) in [5.74, 6) is 1.93. The van der Waals surface area contributed by atoms with E-state index < -0.39 is 0 Å². The van der Waals surface area contributed by atoms with Crippen LogP contribution >= 0.6 is 11.8 Å². The molecule has 2 rings (SSSR count). The number of hydrogen-bond acceptors (Lipinski definition) is 3. The lowest BCUT2D eigenvalue weighted by molar-refractivity contribution is 0.968. The number of thioether (sulfide) groups is 1. The van der Waals surface area contributed by atoms with Gasteiger partial charge in [-0.1, -0.05) is 31.2 Å². The van der Waals surface area contributed by atoms with Crippen LogP contribution in [0.2, 0.25) is 0 Å². The molecule has 2 nitrogen and oxygen atoms in total. The van der Waals surface area contributed by atoms with Crippen LogP contribution in [0.5, 0.6) is 0 Å². The van der Waals surface area contributed by atoms with Gasteiger partial charge in [-0.2, -0.15) is 0 Å². The van der Waals surface area contributed by atoms with E-state index in [1.54, 1.807) is 0 Å². The summed E-state index contributed by atoms with van der Waals surface area (Å²) in [5, 5.41) is 3.29. The maximum Gasteiger partial charge on any atom is 0.125 e. The minimum absolute atomic E-state index is 0.964. The Morgan fingerprint density at radius 2 is 2.00 bits per heavy atom. The number of rotatable bonds is 6.